The molecule has 0 atom stereocenters. The van der Waals surface area contributed by atoms with Gasteiger partial charge in [0, 0.05) is 13.6 Å². The van der Waals surface area contributed by atoms with Crippen molar-refractivity contribution in [3.63, 3.8) is 0 Å². The lowest BCUT2D eigenvalue weighted by Crippen LogP contribution is -2.27. The lowest BCUT2D eigenvalue weighted by Gasteiger charge is -2.06. The molecule has 1 aromatic heterocycles. The number of alkyl halides is 1. The topological polar surface area (TPSA) is 64.0 Å². The van der Waals surface area contributed by atoms with Crippen LogP contribution in [0.25, 0.3) is 0 Å². The molecule has 1 rings (SSSR count). The van der Waals surface area contributed by atoms with Gasteiger partial charge < -0.3 is 0 Å². The zero-order chi connectivity index (χ0) is 12.2. The van der Waals surface area contributed by atoms with Crippen molar-refractivity contribution in [3.8, 4) is 0 Å². The summed E-state index contributed by atoms with van der Waals surface area (Å²) in [5.74, 6) is 0. The maximum absolute atomic E-state index is 11.8. The van der Waals surface area contributed by atoms with Crippen LogP contribution in [0.15, 0.2) is 11.2 Å². The van der Waals surface area contributed by atoms with Crippen LogP contribution < -0.4 is 4.72 Å². The molecule has 8 heteroatoms. The summed E-state index contributed by atoms with van der Waals surface area (Å²) in [6.07, 6.45) is 3.13. The van der Waals surface area contributed by atoms with Crippen LogP contribution in [0.2, 0.25) is 5.02 Å². The summed E-state index contributed by atoms with van der Waals surface area (Å²) < 4.78 is 28.5. The van der Waals surface area contributed by atoms with E-state index in [1.165, 1.54) is 10.9 Å². The molecule has 0 saturated heterocycles. The Labute approximate surface area is 114 Å². The lowest BCUT2D eigenvalue weighted by atomic mass is 10.3. The van der Waals surface area contributed by atoms with E-state index in [9.17, 15) is 8.42 Å². The summed E-state index contributed by atoms with van der Waals surface area (Å²) in [6, 6.07) is 0. The van der Waals surface area contributed by atoms with E-state index in [0.29, 0.717) is 6.54 Å². The highest BCUT2D eigenvalue weighted by Crippen LogP contribution is 2.19. The average molecular weight is 378 g/mol. The van der Waals surface area contributed by atoms with Gasteiger partial charge in [0.05, 0.1) is 11.2 Å². The number of hydrogen-bond acceptors (Lipinski definition) is 3. The van der Waals surface area contributed by atoms with E-state index in [1.807, 2.05) is 0 Å². The fraction of sp³-hybridized carbons (Fsp3) is 0.625. The first-order valence-electron chi connectivity index (χ1n) is 4.72. The van der Waals surface area contributed by atoms with Gasteiger partial charge in [-0.05, 0) is 17.3 Å². The van der Waals surface area contributed by atoms with Crippen molar-refractivity contribution in [1.29, 1.82) is 0 Å². The molecule has 5 nitrogen and oxygen atoms in total. The molecule has 1 aromatic rings. The van der Waals surface area contributed by atoms with Crippen LogP contribution in [-0.4, -0.2) is 29.2 Å². The Morgan fingerprint density at radius 1 is 1.56 bits per heavy atom. The third-order valence-electron chi connectivity index (χ3n) is 1.95. The van der Waals surface area contributed by atoms with E-state index >= 15 is 0 Å². The predicted molar refractivity (Wildman–Crippen MR) is 71.5 cm³/mol. The van der Waals surface area contributed by atoms with Crippen LogP contribution in [0.5, 0.6) is 0 Å². The zero-order valence-electron chi connectivity index (χ0n) is 8.78. The molecular weight excluding hydrogens is 365 g/mol. The van der Waals surface area contributed by atoms with Crippen molar-refractivity contribution >= 4 is 44.2 Å². The van der Waals surface area contributed by atoms with Crippen molar-refractivity contribution in [3.05, 3.63) is 11.2 Å². The third-order valence-corrected chi connectivity index (χ3v) is 4.68. The molecule has 0 bridgehead atoms. The number of aromatic nitrogens is 2. The minimum atomic E-state index is -3.54. The molecule has 0 unspecified atom stereocenters. The second-order valence-electron chi connectivity index (χ2n) is 3.22. The fourth-order valence-electron chi connectivity index (χ4n) is 1.20. The quantitative estimate of drug-likeness (QED) is 0.465. The number of nitrogens with zero attached hydrogens (tertiary/aromatic N) is 2. The molecule has 0 saturated carbocycles. The largest absolute Gasteiger partial charge is 0.259 e. The predicted octanol–water partition coefficient (Wildman–Crippen LogP) is 1.57. The second kappa shape index (κ2) is 6.18. The van der Waals surface area contributed by atoms with E-state index in [1.54, 1.807) is 7.05 Å². The monoisotopic (exact) mass is 377 g/mol. The highest BCUT2D eigenvalue weighted by atomic mass is 127. The summed E-state index contributed by atoms with van der Waals surface area (Å²) in [7, 11) is -2.00. The van der Waals surface area contributed by atoms with Gasteiger partial charge in [-0.15, -0.1) is 0 Å². The number of unbranched alkanes of at least 4 members (excludes halogenated alkanes) is 1. The summed E-state index contributed by atoms with van der Waals surface area (Å²) in [5.41, 5.74) is 0. The smallest absolute Gasteiger partial charge is 0.255 e. The third kappa shape index (κ3) is 3.57. The SMILES string of the molecule is Cn1ncc(Cl)c1S(=O)(=O)NCCCCI. The summed E-state index contributed by atoms with van der Waals surface area (Å²) in [5, 5.41) is 3.95. The number of rotatable bonds is 6. The molecule has 16 heavy (non-hydrogen) atoms. The number of aryl methyl sites for hydroxylation is 1. The van der Waals surface area contributed by atoms with Crippen LogP contribution in [0.4, 0.5) is 0 Å². The lowest BCUT2D eigenvalue weighted by molar-refractivity contribution is 0.561. The van der Waals surface area contributed by atoms with Gasteiger partial charge in [-0.1, -0.05) is 34.2 Å². The van der Waals surface area contributed by atoms with Gasteiger partial charge in [0.25, 0.3) is 10.0 Å². The Balaban J connectivity index is 2.71. The van der Waals surface area contributed by atoms with Gasteiger partial charge in [0.15, 0.2) is 5.03 Å². The minimum absolute atomic E-state index is 0.0173. The number of sulfonamides is 1. The van der Waals surface area contributed by atoms with E-state index in [2.05, 4.69) is 32.4 Å². The number of hydrogen-bond donors (Lipinski definition) is 1. The van der Waals surface area contributed by atoms with Gasteiger partial charge in [0.2, 0.25) is 0 Å². The molecule has 1 N–H and O–H groups in total. The van der Waals surface area contributed by atoms with Crippen molar-refractivity contribution in [1.82, 2.24) is 14.5 Å². The molecule has 1 heterocycles. The molecule has 0 aliphatic heterocycles. The number of nitrogens with one attached hydrogen (secondary N) is 1. The average Bonchev–Trinajstić information content (AvgIpc) is 2.54. The van der Waals surface area contributed by atoms with Gasteiger partial charge >= 0.3 is 0 Å². The molecule has 0 aliphatic carbocycles. The van der Waals surface area contributed by atoms with Crippen LogP contribution in [-0.2, 0) is 17.1 Å². The van der Waals surface area contributed by atoms with Gasteiger partial charge in [-0.2, -0.15) is 5.10 Å². The van der Waals surface area contributed by atoms with Crippen LogP contribution >= 0.6 is 34.2 Å². The van der Waals surface area contributed by atoms with E-state index in [0.717, 1.165) is 17.3 Å². The normalized spacial score (nSPS) is 11.9. The minimum Gasteiger partial charge on any atom is -0.255 e. The Kier molecular flexibility index (Phi) is 5.48. The summed E-state index contributed by atoms with van der Waals surface area (Å²) >= 11 is 8.02. The zero-order valence-corrected chi connectivity index (χ0v) is 12.5. The molecule has 0 aromatic carbocycles. The highest BCUT2D eigenvalue weighted by Gasteiger charge is 2.21. The maximum Gasteiger partial charge on any atom is 0.259 e. The van der Waals surface area contributed by atoms with Crippen molar-refractivity contribution in [2.75, 3.05) is 11.0 Å². The second-order valence-corrected chi connectivity index (χ2v) is 6.38. The fourth-order valence-corrected chi connectivity index (χ4v) is 3.46. The molecule has 0 aliphatic rings. The number of halogens is 2. The highest BCUT2D eigenvalue weighted by molar-refractivity contribution is 14.1. The Bertz CT molecular complexity index is 427. The Hall–Kier alpha value is 0.140. The summed E-state index contributed by atoms with van der Waals surface area (Å²) in [4.78, 5) is 0. The van der Waals surface area contributed by atoms with Gasteiger partial charge in [0.1, 0.15) is 0 Å². The van der Waals surface area contributed by atoms with E-state index in [-0.39, 0.29) is 10.0 Å². The molecule has 0 amide bonds. The first-order chi connectivity index (χ1) is 7.49. The standard InChI is InChI=1S/C8H13ClIN3O2S/c1-13-8(7(9)6-11-13)16(14,15)12-5-3-2-4-10/h6,12H,2-5H2,1H3. The van der Waals surface area contributed by atoms with Crippen molar-refractivity contribution < 1.29 is 8.42 Å². The molecule has 0 fully saturated rings. The maximum atomic E-state index is 11.8. The Morgan fingerprint density at radius 2 is 2.25 bits per heavy atom. The van der Waals surface area contributed by atoms with E-state index < -0.39 is 10.0 Å². The Morgan fingerprint density at radius 3 is 2.75 bits per heavy atom. The first-order valence-corrected chi connectivity index (χ1v) is 8.11. The van der Waals surface area contributed by atoms with Crippen LogP contribution in [0.1, 0.15) is 12.8 Å². The molecule has 0 spiro atoms. The molecular formula is C8H13ClIN3O2S. The molecule has 92 valence electrons. The van der Waals surface area contributed by atoms with Gasteiger partial charge in [-0.25, -0.2) is 13.1 Å². The van der Waals surface area contributed by atoms with Crippen LogP contribution in [0, 0.1) is 0 Å². The van der Waals surface area contributed by atoms with Crippen LogP contribution in [0.3, 0.4) is 0 Å². The van der Waals surface area contributed by atoms with Gasteiger partial charge in [-0.3, -0.25) is 4.68 Å². The first kappa shape index (κ1) is 14.2. The van der Waals surface area contributed by atoms with Crippen molar-refractivity contribution in [2.45, 2.75) is 17.9 Å². The van der Waals surface area contributed by atoms with E-state index in [4.69, 9.17) is 11.6 Å². The summed E-state index contributed by atoms with van der Waals surface area (Å²) in [6.45, 7) is 0.423. The van der Waals surface area contributed by atoms with Crippen molar-refractivity contribution in [2.24, 2.45) is 7.05 Å². The molecule has 0 radical (unpaired) electrons.